The standard InChI is InChI=1S/C17H17FN6O5/c18-10-3-1-9-2-4-12(11(9)7-10)24-16(23-28-17(24)27)14-15(22-29-21-14)20-8-13(26)19-5-6-25/h1,3,7,12,25H,2,4-6,8H2,(H,19,26)(H,20,22)/t12-/m0/s1. The number of nitrogens with one attached hydrogen (secondary N) is 2. The van der Waals surface area contributed by atoms with Crippen molar-refractivity contribution in [3.63, 3.8) is 0 Å². The Labute approximate surface area is 162 Å². The van der Waals surface area contributed by atoms with Crippen LogP contribution < -0.4 is 16.4 Å². The van der Waals surface area contributed by atoms with Gasteiger partial charge in [0.1, 0.15) is 5.82 Å². The first kappa shape index (κ1) is 18.8. The fourth-order valence-electron chi connectivity index (χ4n) is 3.38. The molecule has 12 heteroatoms. The van der Waals surface area contributed by atoms with Crippen LogP contribution in [0.3, 0.4) is 0 Å². The van der Waals surface area contributed by atoms with Crippen molar-refractivity contribution < 1.29 is 23.4 Å². The van der Waals surface area contributed by atoms with E-state index in [1.807, 2.05) is 0 Å². The summed E-state index contributed by atoms with van der Waals surface area (Å²) in [5, 5.41) is 25.2. The molecule has 3 N–H and O–H groups in total. The molecule has 2 heterocycles. The zero-order valence-electron chi connectivity index (χ0n) is 15.1. The Morgan fingerprint density at radius 3 is 3.03 bits per heavy atom. The summed E-state index contributed by atoms with van der Waals surface area (Å²) in [6.07, 6.45) is 1.23. The third kappa shape index (κ3) is 3.61. The summed E-state index contributed by atoms with van der Waals surface area (Å²) in [7, 11) is 0. The van der Waals surface area contributed by atoms with E-state index in [4.69, 9.17) is 14.3 Å². The van der Waals surface area contributed by atoms with Crippen LogP contribution in [-0.2, 0) is 11.2 Å². The molecule has 1 atom stereocenters. The predicted octanol–water partition coefficient (Wildman–Crippen LogP) is 0.0814. The van der Waals surface area contributed by atoms with Crippen molar-refractivity contribution in [1.82, 2.24) is 25.4 Å². The molecule has 0 saturated heterocycles. The van der Waals surface area contributed by atoms with Gasteiger partial charge in [-0.15, -0.1) is 0 Å². The Morgan fingerprint density at radius 2 is 2.21 bits per heavy atom. The number of aliphatic hydroxyl groups excluding tert-OH is 1. The van der Waals surface area contributed by atoms with E-state index in [0.717, 1.165) is 5.56 Å². The Hall–Kier alpha value is -3.54. The number of anilines is 1. The second kappa shape index (κ2) is 7.83. The summed E-state index contributed by atoms with van der Waals surface area (Å²) in [5.41, 5.74) is 1.69. The average molecular weight is 404 g/mol. The van der Waals surface area contributed by atoms with E-state index < -0.39 is 17.6 Å². The molecule has 0 aliphatic heterocycles. The Bertz CT molecular complexity index is 1090. The normalized spacial score (nSPS) is 15.3. The highest BCUT2D eigenvalue weighted by Crippen LogP contribution is 2.36. The van der Waals surface area contributed by atoms with Crippen molar-refractivity contribution in [2.24, 2.45) is 0 Å². The quantitative estimate of drug-likeness (QED) is 0.498. The summed E-state index contributed by atoms with van der Waals surface area (Å²) in [4.78, 5) is 24.1. The average Bonchev–Trinajstić information content (AvgIpc) is 3.42. The molecular weight excluding hydrogens is 387 g/mol. The number of aliphatic hydroxyl groups is 1. The molecule has 11 nitrogen and oxygen atoms in total. The van der Waals surface area contributed by atoms with Crippen LogP contribution in [0.2, 0.25) is 0 Å². The lowest BCUT2D eigenvalue weighted by Gasteiger charge is -2.13. The molecule has 2 aromatic heterocycles. The van der Waals surface area contributed by atoms with Crippen molar-refractivity contribution in [3.05, 3.63) is 45.7 Å². The van der Waals surface area contributed by atoms with Crippen LogP contribution in [0.5, 0.6) is 0 Å². The van der Waals surface area contributed by atoms with Gasteiger partial charge in [0.05, 0.1) is 19.2 Å². The minimum atomic E-state index is -0.725. The van der Waals surface area contributed by atoms with Crippen LogP contribution >= 0.6 is 0 Å². The smallest absolute Gasteiger partial charge is 0.395 e. The number of hydrogen-bond donors (Lipinski definition) is 3. The highest BCUT2D eigenvalue weighted by Gasteiger charge is 2.32. The zero-order chi connectivity index (χ0) is 20.4. The van der Waals surface area contributed by atoms with E-state index in [0.29, 0.717) is 18.4 Å². The Morgan fingerprint density at radius 1 is 1.34 bits per heavy atom. The molecular formula is C17H17FN6O5. The maximum absolute atomic E-state index is 13.8. The van der Waals surface area contributed by atoms with Crippen molar-refractivity contribution in [2.45, 2.75) is 18.9 Å². The maximum atomic E-state index is 13.8. The molecule has 0 radical (unpaired) electrons. The van der Waals surface area contributed by atoms with E-state index >= 15 is 0 Å². The summed E-state index contributed by atoms with van der Waals surface area (Å²) in [6, 6.07) is 3.98. The van der Waals surface area contributed by atoms with Crippen molar-refractivity contribution >= 4 is 11.7 Å². The summed E-state index contributed by atoms with van der Waals surface area (Å²) in [5.74, 6) is -1.37. The number of rotatable bonds is 7. The van der Waals surface area contributed by atoms with Crippen LogP contribution in [0.4, 0.5) is 10.2 Å². The zero-order valence-corrected chi connectivity index (χ0v) is 15.1. The third-order valence-corrected chi connectivity index (χ3v) is 4.65. The SMILES string of the molecule is O=C(CNc1nonc1-c1noc(=O)n1[C@H]1CCc2ccc(F)cc21)NCCO. The fourth-order valence-corrected chi connectivity index (χ4v) is 3.38. The molecule has 0 fully saturated rings. The molecule has 29 heavy (non-hydrogen) atoms. The van der Waals surface area contributed by atoms with Crippen molar-refractivity contribution in [1.29, 1.82) is 0 Å². The van der Waals surface area contributed by atoms with Gasteiger partial charge >= 0.3 is 5.76 Å². The summed E-state index contributed by atoms with van der Waals surface area (Å²) < 4.78 is 24.6. The minimum Gasteiger partial charge on any atom is -0.395 e. The number of halogens is 1. The first-order valence-corrected chi connectivity index (χ1v) is 8.89. The number of aromatic nitrogens is 4. The van der Waals surface area contributed by atoms with Gasteiger partial charge in [0.25, 0.3) is 0 Å². The Kier molecular flexibility index (Phi) is 5.08. The monoisotopic (exact) mass is 404 g/mol. The van der Waals surface area contributed by atoms with Gasteiger partial charge in [0, 0.05) is 6.54 Å². The number of carbonyl (C=O) groups excluding carboxylic acids is 1. The summed E-state index contributed by atoms with van der Waals surface area (Å²) >= 11 is 0. The molecule has 0 spiro atoms. The molecule has 152 valence electrons. The third-order valence-electron chi connectivity index (χ3n) is 4.65. The van der Waals surface area contributed by atoms with Gasteiger partial charge in [-0.1, -0.05) is 11.2 Å². The molecule has 1 aliphatic carbocycles. The van der Waals surface area contributed by atoms with Gasteiger partial charge in [-0.25, -0.2) is 18.4 Å². The topological polar surface area (TPSA) is 148 Å². The predicted molar refractivity (Wildman–Crippen MR) is 95.5 cm³/mol. The lowest BCUT2D eigenvalue weighted by atomic mass is 10.1. The second-order valence-electron chi connectivity index (χ2n) is 6.43. The first-order valence-electron chi connectivity index (χ1n) is 8.89. The molecule has 0 bridgehead atoms. The van der Waals surface area contributed by atoms with Gasteiger partial charge in [-0.2, -0.15) is 0 Å². The van der Waals surface area contributed by atoms with Crippen molar-refractivity contribution in [2.75, 3.05) is 25.0 Å². The van der Waals surface area contributed by atoms with Crippen molar-refractivity contribution in [3.8, 4) is 11.5 Å². The lowest BCUT2D eigenvalue weighted by molar-refractivity contribution is -0.119. The van der Waals surface area contributed by atoms with E-state index in [1.165, 1.54) is 16.7 Å². The number of nitrogens with zero attached hydrogens (tertiary/aromatic N) is 4. The maximum Gasteiger partial charge on any atom is 0.442 e. The number of fused-ring (bicyclic) bond motifs is 1. The number of benzene rings is 1. The molecule has 1 aliphatic rings. The van der Waals surface area contributed by atoms with Gasteiger partial charge in [0.15, 0.2) is 5.69 Å². The van der Waals surface area contributed by atoms with Gasteiger partial charge in [-0.05, 0) is 46.4 Å². The number of aryl methyl sites for hydroxylation is 1. The number of carbonyl (C=O) groups is 1. The molecule has 1 aromatic carbocycles. The van der Waals surface area contributed by atoms with Gasteiger partial charge < -0.3 is 15.7 Å². The molecule has 3 aromatic rings. The van der Waals surface area contributed by atoms with Crippen LogP contribution in [0.25, 0.3) is 11.5 Å². The number of amides is 1. The molecule has 4 rings (SSSR count). The van der Waals surface area contributed by atoms with Crippen LogP contribution in [0.15, 0.2) is 32.1 Å². The summed E-state index contributed by atoms with van der Waals surface area (Å²) in [6.45, 7) is -0.233. The molecule has 0 unspecified atom stereocenters. The minimum absolute atomic E-state index is 0.0524. The lowest BCUT2D eigenvalue weighted by Crippen LogP contribution is -2.32. The van der Waals surface area contributed by atoms with Crippen LogP contribution in [0.1, 0.15) is 23.6 Å². The van der Waals surface area contributed by atoms with E-state index in [1.54, 1.807) is 6.07 Å². The van der Waals surface area contributed by atoms with Crippen LogP contribution in [0, 0.1) is 5.82 Å². The fraction of sp³-hybridized carbons (Fsp3) is 0.353. The molecule has 1 amide bonds. The largest absolute Gasteiger partial charge is 0.442 e. The van der Waals surface area contributed by atoms with E-state index in [2.05, 4.69) is 26.1 Å². The first-order chi connectivity index (χ1) is 14.1. The van der Waals surface area contributed by atoms with E-state index in [-0.39, 0.29) is 42.9 Å². The van der Waals surface area contributed by atoms with Gasteiger partial charge in [0.2, 0.25) is 17.5 Å². The molecule has 0 saturated carbocycles. The highest BCUT2D eigenvalue weighted by atomic mass is 19.1. The van der Waals surface area contributed by atoms with E-state index in [9.17, 15) is 14.0 Å². The number of hydrogen-bond acceptors (Lipinski definition) is 9. The van der Waals surface area contributed by atoms with Crippen LogP contribution in [-0.4, -0.2) is 50.7 Å². The van der Waals surface area contributed by atoms with Gasteiger partial charge in [-0.3, -0.25) is 9.32 Å². The second-order valence-corrected chi connectivity index (χ2v) is 6.43. The highest BCUT2D eigenvalue weighted by molar-refractivity contribution is 5.81. The Balaban J connectivity index is 1.63.